The summed E-state index contributed by atoms with van der Waals surface area (Å²) in [4.78, 5) is 1.73. The van der Waals surface area contributed by atoms with Crippen molar-refractivity contribution in [2.45, 2.75) is 13.3 Å². The molecule has 0 radical (unpaired) electrons. The standard InChI is InChI=1S/C11H16F2N2O/c1-2-15(4-3-5-16)10-7-8(12)6-9(13)11(10)14/h6-7,16H,2-5,14H2,1H3. The molecule has 0 bridgehead atoms. The van der Waals surface area contributed by atoms with Crippen molar-refractivity contribution in [3.8, 4) is 0 Å². The summed E-state index contributed by atoms with van der Waals surface area (Å²) in [5.41, 5.74) is 5.84. The van der Waals surface area contributed by atoms with Gasteiger partial charge in [-0.25, -0.2) is 8.78 Å². The van der Waals surface area contributed by atoms with E-state index in [2.05, 4.69) is 0 Å². The van der Waals surface area contributed by atoms with Crippen molar-refractivity contribution in [1.82, 2.24) is 0 Å². The number of benzene rings is 1. The molecule has 16 heavy (non-hydrogen) atoms. The predicted molar refractivity (Wildman–Crippen MR) is 60.4 cm³/mol. The molecule has 0 aliphatic heterocycles. The van der Waals surface area contributed by atoms with Gasteiger partial charge in [-0.15, -0.1) is 0 Å². The fraction of sp³-hybridized carbons (Fsp3) is 0.455. The highest BCUT2D eigenvalue weighted by molar-refractivity contribution is 5.68. The summed E-state index contributed by atoms with van der Waals surface area (Å²) >= 11 is 0. The number of rotatable bonds is 5. The number of hydrogen-bond acceptors (Lipinski definition) is 3. The van der Waals surface area contributed by atoms with E-state index in [4.69, 9.17) is 10.8 Å². The Morgan fingerprint density at radius 2 is 2.06 bits per heavy atom. The molecular formula is C11H16F2N2O. The van der Waals surface area contributed by atoms with E-state index >= 15 is 0 Å². The third-order valence-corrected chi connectivity index (χ3v) is 2.38. The smallest absolute Gasteiger partial charge is 0.151 e. The van der Waals surface area contributed by atoms with Gasteiger partial charge in [-0.05, 0) is 19.4 Å². The van der Waals surface area contributed by atoms with E-state index in [-0.39, 0.29) is 12.3 Å². The number of anilines is 2. The van der Waals surface area contributed by atoms with Crippen molar-refractivity contribution in [2.24, 2.45) is 0 Å². The Morgan fingerprint density at radius 1 is 1.38 bits per heavy atom. The maximum atomic E-state index is 13.2. The van der Waals surface area contributed by atoms with Gasteiger partial charge in [-0.3, -0.25) is 0 Å². The summed E-state index contributed by atoms with van der Waals surface area (Å²) in [6, 6.07) is 1.97. The van der Waals surface area contributed by atoms with Crippen molar-refractivity contribution >= 4 is 11.4 Å². The van der Waals surface area contributed by atoms with E-state index in [0.717, 1.165) is 6.07 Å². The quantitative estimate of drug-likeness (QED) is 0.758. The molecule has 3 nitrogen and oxygen atoms in total. The van der Waals surface area contributed by atoms with Crippen molar-refractivity contribution in [2.75, 3.05) is 30.3 Å². The third kappa shape index (κ3) is 2.82. The second kappa shape index (κ2) is 5.65. The van der Waals surface area contributed by atoms with E-state index in [1.807, 2.05) is 6.92 Å². The van der Waals surface area contributed by atoms with E-state index in [0.29, 0.717) is 25.2 Å². The number of nitrogens with zero attached hydrogens (tertiary/aromatic N) is 1. The van der Waals surface area contributed by atoms with Crippen LogP contribution in [0, 0.1) is 11.6 Å². The number of halogens is 2. The summed E-state index contributed by atoms with van der Waals surface area (Å²) in [7, 11) is 0. The molecule has 1 aromatic rings. The molecule has 90 valence electrons. The van der Waals surface area contributed by atoms with Crippen LogP contribution in [0.3, 0.4) is 0 Å². The Kier molecular flexibility index (Phi) is 4.49. The Hall–Kier alpha value is -1.36. The second-order valence-corrected chi connectivity index (χ2v) is 3.48. The number of hydrogen-bond donors (Lipinski definition) is 2. The maximum Gasteiger partial charge on any atom is 0.151 e. The fourth-order valence-electron chi connectivity index (χ4n) is 1.54. The molecule has 0 saturated heterocycles. The third-order valence-electron chi connectivity index (χ3n) is 2.38. The van der Waals surface area contributed by atoms with Gasteiger partial charge in [0.05, 0.1) is 11.4 Å². The Balaban J connectivity index is 2.99. The monoisotopic (exact) mass is 230 g/mol. The maximum absolute atomic E-state index is 13.2. The number of nitrogens with two attached hydrogens (primary N) is 1. The first-order valence-electron chi connectivity index (χ1n) is 5.20. The van der Waals surface area contributed by atoms with Crippen LogP contribution >= 0.6 is 0 Å². The lowest BCUT2D eigenvalue weighted by Crippen LogP contribution is -2.26. The summed E-state index contributed by atoms with van der Waals surface area (Å²) < 4.78 is 26.3. The average molecular weight is 230 g/mol. The van der Waals surface area contributed by atoms with Gasteiger partial charge in [0, 0.05) is 25.8 Å². The summed E-state index contributed by atoms with van der Waals surface area (Å²) in [6.45, 7) is 2.99. The van der Waals surface area contributed by atoms with Crippen molar-refractivity contribution in [3.05, 3.63) is 23.8 Å². The SMILES string of the molecule is CCN(CCCO)c1cc(F)cc(F)c1N. The van der Waals surface area contributed by atoms with Gasteiger partial charge < -0.3 is 15.7 Å². The molecule has 0 unspecified atom stereocenters. The topological polar surface area (TPSA) is 49.5 Å². The molecule has 0 heterocycles. The van der Waals surface area contributed by atoms with Gasteiger partial charge in [0.25, 0.3) is 0 Å². The van der Waals surface area contributed by atoms with Crippen molar-refractivity contribution < 1.29 is 13.9 Å². The van der Waals surface area contributed by atoms with Gasteiger partial charge in [-0.1, -0.05) is 0 Å². The van der Waals surface area contributed by atoms with Crippen LogP contribution in [0.4, 0.5) is 20.2 Å². The molecule has 0 fully saturated rings. The minimum atomic E-state index is -0.752. The molecule has 0 aromatic heterocycles. The highest BCUT2D eigenvalue weighted by atomic mass is 19.1. The van der Waals surface area contributed by atoms with Crippen molar-refractivity contribution in [3.63, 3.8) is 0 Å². The Bertz CT molecular complexity index is 358. The van der Waals surface area contributed by atoms with Gasteiger partial charge in [0.2, 0.25) is 0 Å². The molecule has 3 N–H and O–H groups in total. The van der Waals surface area contributed by atoms with Crippen LogP contribution in [0.2, 0.25) is 0 Å². The van der Waals surface area contributed by atoms with Gasteiger partial charge in [-0.2, -0.15) is 0 Å². The minimum Gasteiger partial charge on any atom is -0.396 e. The molecule has 0 atom stereocenters. The van der Waals surface area contributed by atoms with E-state index in [9.17, 15) is 8.78 Å². The van der Waals surface area contributed by atoms with Gasteiger partial charge in [0.15, 0.2) is 5.82 Å². The zero-order valence-electron chi connectivity index (χ0n) is 9.21. The highest BCUT2D eigenvalue weighted by Crippen LogP contribution is 2.27. The molecule has 0 amide bonds. The van der Waals surface area contributed by atoms with Crippen LogP contribution < -0.4 is 10.6 Å². The molecule has 5 heteroatoms. The first-order chi connectivity index (χ1) is 7.60. The minimum absolute atomic E-state index is 0.0359. The number of nitrogen functional groups attached to an aromatic ring is 1. The Labute approximate surface area is 93.5 Å². The lowest BCUT2D eigenvalue weighted by molar-refractivity contribution is 0.289. The first kappa shape index (κ1) is 12.7. The zero-order chi connectivity index (χ0) is 12.1. The first-order valence-corrected chi connectivity index (χ1v) is 5.20. The second-order valence-electron chi connectivity index (χ2n) is 3.48. The summed E-state index contributed by atoms with van der Waals surface area (Å²) in [5.74, 6) is -1.40. The average Bonchev–Trinajstić information content (AvgIpc) is 2.25. The summed E-state index contributed by atoms with van der Waals surface area (Å²) in [5, 5.41) is 8.73. The lowest BCUT2D eigenvalue weighted by atomic mass is 10.2. The molecule has 1 rings (SSSR count). The Morgan fingerprint density at radius 3 is 2.62 bits per heavy atom. The molecule has 0 aliphatic carbocycles. The van der Waals surface area contributed by atoms with Gasteiger partial charge in [0.1, 0.15) is 5.82 Å². The summed E-state index contributed by atoms with van der Waals surface area (Å²) in [6.07, 6.45) is 0.533. The van der Waals surface area contributed by atoms with Crippen LogP contribution in [0.25, 0.3) is 0 Å². The highest BCUT2D eigenvalue weighted by Gasteiger charge is 2.13. The van der Waals surface area contributed by atoms with Crippen LogP contribution in [0.15, 0.2) is 12.1 Å². The largest absolute Gasteiger partial charge is 0.396 e. The normalized spacial score (nSPS) is 10.5. The number of aliphatic hydroxyl groups is 1. The van der Waals surface area contributed by atoms with E-state index in [1.165, 1.54) is 6.07 Å². The predicted octanol–water partition coefficient (Wildman–Crippen LogP) is 1.76. The molecular weight excluding hydrogens is 214 g/mol. The van der Waals surface area contributed by atoms with Gasteiger partial charge >= 0.3 is 0 Å². The molecule has 0 aliphatic rings. The van der Waals surface area contributed by atoms with E-state index < -0.39 is 11.6 Å². The van der Waals surface area contributed by atoms with Crippen LogP contribution in [-0.2, 0) is 0 Å². The number of aliphatic hydroxyl groups excluding tert-OH is 1. The lowest BCUT2D eigenvalue weighted by Gasteiger charge is -2.24. The molecule has 1 aromatic carbocycles. The molecule has 0 spiro atoms. The van der Waals surface area contributed by atoms with Crippen LogP contribution in [0.1, 0.15) is 13.3 Å². The van der Waals surface area contributed by atoms with E-state index in [1.54, 1.807) is 4.90 Å². The van der Waals surface area contributed by atoms with Crippen LogP contribution in [-0.4, -0.2) is 24.8 Å². The molecule has 0 saturated carbocycles. The van der Waals surface area contributed by atoms with Crippen LogP contribution in [0.5, 0.6) is 0 Å². The zero-order valence-corrected chi connectivity index (χ0v) is 9.21. The van der Waals surface area contributed by atoms with Crippen molar-refractivity contribution in [1.29, 1.82) is 0 Å². The fourth-order valence-corrected chi connectivity index (χ4v) is 1.54.